The summed E-state index contributed by atoms with van der Waals surface area (Å²) in [5.74, 6) is 1.01. The lowest BCUT2D eigenvalue weighted by molar-refractivity contribution is 0.373. The van der Waals surface area contributed by atoms with Crippen LogP contribution < -0.4 is 9.62 Å². The van der Waals surface area contributed by atoms with Crippen molar-refractivity contribution in [2.45, 2.75) is 4.90 Å². The number of fused-ring (bicyclic) bond motifs is 1. The second-order valence-electron chi connectivity index (χ2n) is 7.18. The zero-order chi connectivity index (χ0) is 24.7. The highest BCUT2D eigenvalue weighted by molar-refractivity contribution is 7.93. The maximum absolute atomic E-state index is 13.4. The fourth-order valence-corrected chi connectivity index (χ4v) is 6.77. The lowest BCUT2D eigenvalue weighted by Gasteiger charge is -2.25. The van der Waals surface area contributed by atoms with E-state index in [-0.39, 0.29) is 20.6 Å². The molecule has 34 heavy (non-hydrogen) atoms. The van der Waals surface area contributed by atoms with Crippen LogP contribution in [0.1, 0.15) is 0 Å². The number of anilines is 2. The molecule has 10 nitrogen and oxygen atoms in total. The summed E-state index contributed by atoms with van der Waals surface area (Å²) >= 11 is 11.9. The molecule has 0 spiro atoms. The Morgan fingerprint density at radius 3 is 2.44 bits per heavy atom. The minimum absolute atomic E-state index is 0.0586. The molecular weight excluding hydrogens is 524 g/mol. The molecular formula is C20H18Cl2N5O5PS. The van der Waals surface area contributed by atoms with Crippen LogP contribution in [0.25, 0.3) is 16.7 Å². The predicted octanol–water partition coefficient (Wildman–Crippen LogP) is 4.10. The summed E-state index contributed by atoms with van der Waals surface area (Å²) in [5.41, 5.74) is 0.757. The van der Waals surface area contributed by atoms with Gasteiger partial charge in [-0.15, -0.1) is 0 Å². The van der Waals surface area contributed by atoms with Crippen LogP contribution in [0.2, 0.25) is 10.0 Å². The summed E-state index contributed by atoms with van der Waals surface area (Å²) in [5, 5.41) is 3.62. The van der Waals surface area contributed by atoms with Crippen LogP contribution in [0.15, 0.2) is 65.8 Å². The van der Waals surface area contributed by atoms with Crippen LogP contribution in [0.5, 0.6) is 0 Å². The van der Waals surface area contributed by atoms with Crippen molar-refractivity contribution < 1.29 is 22.8 Å². The molecule has 178 valence electrons. The monoisotopic (exact) mass is 541 g/mol. The van der Waals surface area contributed by atoms with Gasteiger partial charge in [0.1, 0.15) is 12.1 Å². The predicted molar refractivity (Wildman–Crippen MR) is 131 cm³/mol. The standard InChI is InChI=1S/C20H18Cl2N5O5PS/c1-23-20-24-6-4-19(25-20)26-7-5-13-8-16(2-3-18(13)26)27(12-33(28,29)30)34(31,32)17-10-14(21)9-15(22)11-17/h2-11H,12H2,1H3,(H,23,24,25)(H2,28,29,30). The van der Waals surface area contributed by atoms with Gasteiger partial charge < -0.3 is 19.7 Å². The highest BCUT2D eigenvalue weighted by atomic mass is 35.5. The summed E-state index contributed by atoms with van der Waals surface area (Å²) in [6.45, 7) is 0. The molecule has 0 saturated carbocycles. The first-order chi connectivity index (χ1) is 16.0. The summed E-state index contributed by atoms with van der Waals surface area (Å²) in [6, 6.07) is 11.7. The Hall–Kier alpha value is -2.66. The van der Waals surface area contributed by atoms with Crippen LogP contribution in [-0.2, 0) is 14.6 Å². The van der Waals surface area contributed by atoms with Crippen LogP contribution in [-0.4, -0.2) is 46.1 Å². The molecule has 0 fully saturated rings. The van der Waals surface area contributed by atoms with Gasteiger partial charge in [0.15, 0.2) is 0 Å². The van der Waals surface area contributed by atoms with E-state index in [1.165, 1.54) is 30.3 Å². The minimum Gasteiger partial charge on any atom is -0.357 e. The van der Waals surface area contributed by atoms with Crippen molar-refractivity contribution in [2.75, 3.05) is 23.0 Å². The molecule has 4 rings (SSSR count). The third kappa shape index (κ3) is 5.05. The SMILES string of the molecule is CNc1nccc(-n2ccc3cc(N(CP(=O)(O)O)S(=O)(=O)c4cc(Cl)cc(Cl)c4)ccc32)n1. The van der Waals surface area contributed by atoms with Crippen LogP contribution in [0, 0.1) is 0 Å². The average Bonchev–Trinajstić information content (AvgIpc) is 3.19. The van der Waals surface area contributed by atoms with Crippen molar-refractivity contribution in [1.82, 2.24) is 14.5 Å². The molecule has 14 heteroatoms. The Labute approximate surface area is 205 Å². The number of sulfonamides is 1. The lowest BCUT2D eigenvalue weighted by atomic mass is 10.2. The molecule has 2 heterocycles. The maximum Gasteiger partial charge on any atom is 0.345 e. The average molecular weight is 542 g/mol. The molecule has 0 aliphatic heterocycles. The number of halogens is 2. The van der Waals surface area contributed by atoms with E-state index in [1.54, 1.807) is 42.2 Å². The molecule has 0 radical (unpaired) electrons. The summed E-state index contributed by atoms with van der Waals surface area (Å²) in [6.07, 6.45) is 2.27. The van der Waals surface area contributed by atoms with Gasteiger partial charge in [-0.3, -0.25) is 8.87 Å². The Kier molecular flexibility index (Phi) is 6.61. The number of hydrogen-bond donors (Lipinski definition) is 3. The molecule has 0 bridgehead atoms. The summed E-state index contributed by atoms with van der Waals surface area (Å²) in [4.78, 5) is 27.4. The van der Waals surface area contributed by atoms with Gasteiger partial charge in [-0.2, -0.15) is 4.98 Å². The molecule has 0 unspecified atom stereocenters. The molecule has 0 saturated heterocycles. The van der Waals surface area contributed by atoms with Crippen molar-refractivity contribution in [3.05, 3.63) is 71.0 Å². The van der Waals surface area contributed by atoms with Gasteiger partial charge in [0, 0.05) is 34.9 Å². The first-order valence-corrected chi connectivity index (χ1v) is 13.6. The largest absolute Gasteiger partial charge is 0.357 e. The second-order valence-corrected chi connectivity index (χ2v) is 11.5. The smallest absolute Gasteiger partial charge is 0.345 e. The zero-order valence-electron chi connectivity index (χ0n) is 17.5. The lowest BCUT2D eigenvalue weighted by Crippen LogP contribution is -2.32. The van der Waals surface area contributed by atoms with Gasteiger partial charge in [0.2, 0.25) is 5.95 Å². The zero-order valence-corrected chi connectivity index (χ0v) is 20.7. The highest BCUT2D eigenvalue weighted by Gasteiger charge is 2.32. The van der Waals surface area contributed by atoms with Crippen LogP contribution in [0.3, 0.4) is 0 Å². The number of aromatic nitrogens is 3. The third-order valence-electron chi connectivity index (χ3n) is 4.81. The molecule has 0 amide bonds. The Balaban J connectivity index is 1.83. The van der Waals surface area contributed by atoms with Crippen molar-refractivity contribution in [1.29, 1.82) is 0 Å². The maximum atomic E-state index is 13.4. The van der Waals surface area contributed by atoms with Crippen molar-refractivity contribution in [2.24, 2.45) is 0 Å². The number of nitrogens with one attached hydrogen (secondary N) is 1. The molecule has 0 aliphatic carbocycles. The first-order valence-electron chi connectivity index (χ1n) is 9.64. The number of nitrogens with zero attached hydrogens (tertiary/aromatic N) is 4. The number of rotatable bonds is 7. The van der Waals surface area contributed by atoms with Gasteiger partial charge in [-0.1, -0.05) is 23.2 Å². The van der Waals surface area contributed by atoms with Crippen molar-refractivity contribution >= 4 is 63.4 Å². The fraction of sp³-hybridized carbons (Fsp3) is 0.100. The van der Waals surface area contributed by atoms with Crippen molar-refractivity contribution in [3.63, 3.8) is 0 Å². The van der Waals surface area contributed by atoms with E-state index in [0.29, 0.717) is 27.0 Å². The molecule has 3 N–H and O–H groups in total. The van der Waals surface area contributed by atoms with Gasteiger partial charge in [0.25, 0.3) is 10.0 Å². The quantitative estimate of drug-likeness (QED) is 0.297. The van der Waals surface area contributed by atoms with E-state index < -0.39 is 23.9 Å². The van der Waals surface area contributed by atoms with Crippen molar-refractivity contribution in [3.8, 4) is 5.82 Å². The molecule has 2 aromatic heterocycles. The highest BCUT2D eigenvalue weighted by Crippen LogP contribution is 2.40. The Bertz CT molecular complexity index is 1520. The molecule has 0 atom stereocenters. The first kappa shape index (κ1) is 24.5. The number of hydrogen-bond acceptors (Lipinski definition) is 6. The van der Waals surface area contributed by atoms with Crippen LogP contribution in [0.4, 0.5) is 11.6 Å². The summed E-state index contributed by atoms with van der Waals surface area (Å²) < 4.78 is 41.0. The molecule has 0 aliphatic rings. The van der Waals surface area contributed by atoms with E-state index in [1.807, 2.05) is 0 Å². The van der Waals surface area contributed by atoms with Gasteiger partial charge >= 0.3 is 7.60 Å². The summed E-state index contributed by atoms with van der Waals surface area (Å²) in [7, 11) is -7.51. The van der Waals surface area contributed by atoms with Gasteiger partial charge in [0.05, 0.1) is 16.1 Å². The Morgan fingerprint density at radius 2 is 1.79 bits per heavy atom. The number of benzene rings is 2. The van der Waals surface area contributed by atoms with E-state index in [4.69, 9.17) is 23.2 Å². The van der Waals surface area contributed by atoms with Crippen LogP contribution >= 0.6 is 30.8 Å². The fourth-order valence-electron chi connectivity index (χ4n) is 3.36. The molecule has 2 aromatic carbocycles. The van der Waals surface area contributed by atoms with Gasteiger partial charge in [-0.25, -0.2) is 13.4 Å². The van der Waals surface area contributed by atoms with E-state index in [9.17, 15) is 22.8 Å². The topological polar surface area (TPSA) is 138 Å². The van der Waals surface area contributed by atoms with Gasteiger partial charge in [-0.05, 0) is 48.5 Å². The Morgan fingerprint density at radius 1 is 1.09 bits per heavy atom. The third-order valence-corrected chi connectivity index (χ3v) is 7.84. The minimum atomic E-state index is -4.79. The molecule has 4 aromatic rings. The normalized spacial score (nSPS) is 12.1. The van der Waals surface area contributed by atoms with E-state index >= 15 is 0 Å². The van der Waals surface area contributed by atoms with E-state index in [0.717, 1.165) is 0 Å². The second kappa shape index (κ2) is 9.18. The van der Waals surface area contributed by atoms with E-state index in [2.05, 4.69) is 15.3 Å².